The number of aromatic nitrogens is 3. The second kappa shape index (κ2) is 6.83. The van der Waals surface area contributed by atoms with E-state index >= 15 is 0 Å². The fraction of sp³-hybridized carbons (Fsp3) is 0.167. The van der Waals surface area contributed by atoms with Gasteiger partial charge in [0.15, 0.2) is 11.4 Å². The van der Waals surface area contributed by atoms with E-state index in [2.05, 4.69) is 15.5 Å². The Bertz CT molecular complexity index is 1150. The van der Waals surface area contributed by atoms with Gasteiger partial charge >= 0.3 is 6.18 Å². The molecule has 0 fully saturated rings. The number of rotatable bonds is 4. The van der Waals surface area contributed by atoms with Crippen LogP contribution in [0.5, 0.6) is 0 Å². The number of carbonyl (C=O) groups excluding carboxylic acids is 1. The first-order valence-corrected chi connectivity index (χ1v) is 8.58. The fourth-order valence-electron chi connectivity index (χ4n) is 2.85. The summed E-state index contributed by atoms with van der Waals surface area (Å²) in [5.41, 5.74) is -0.717. The molecule has 0 bridgehead atoms. The van der Waals surface area contributed by atoms with Crippen LogP contribution < -0.4 is 5.32 Å². The van der Waals surface area contributed by atoms with Crippen LogP contribution in [0.25, 0.3) is 16.6 Å². The second-order valence-corrected chi connectivity index (χ2v) is 6.47. The maximum atomic E-state index is 13.1. The number of benzene rings is 1. The molecule has 1 aromatic carbocycles. The lowest BCUT2D eigenvalue weighted by atomic mass is 10.2. The van der Waals surface area contributed by atoms with Crippen molar-refractivity contribution in [3.05, 3.63) is 64.8 Å². The summed E-state index contributed by atoms with van der Waals surface area (Å²) in [6.45, 7) is 0.130. The summed E-state index contributed by atoms with van der Waals surface area (Å²) < 4.78 is 46.0. The van der Waals surface area contributed by atoms with E-state index in [9.17, 15) is 18.0 Å². The number of hydrogen-bond donors (Lipinski definition) is 1. The van der Waals surface area contributed by atoms with Gasteiger partial charge in [-0.15, -0.1) is 10.2 Å². The number of para-hydroxylation sites is 1. The molecule has 0 aliphatic carbocycles. The number of carbonyl (C=O) groups is 1. The first-order valence-electron chi connectivity index (χ1n) is 8.20. The van der Waals surface area contributed by atoms with E-state index in [0.717, 1.165) is 11.5 Å². The lowest BCUT2D eigenvalue weighted by Crippen LogP contribution is -2.25. The molecule has 0 unspecified atom stereocenters. The third-order valence-corrected chi connectivity index (χ3v) is 4.34. The highest BCUT2D eigenvalue weighted by atomic mass is 35.5. The van der Waals surface area contributed by atoms with E-state index in [1.54, 1.807) is 18.2 Å². The molecule has 0 atom stereocenters. The molecule has 4 aromatic rings. The van der Waals surface area contributed by atoms with Gasteiger partial charge in [-0.2, -0.15) is 13.2 Å². The summed E-state index contributed by atoms with van der Waals surface area (Å²) in [5, 5.41) is 10.8. The normalized spacial score (nSPS) is 12.0. The predicted octanol–water partition coefficient (Wildman–Crippen LogP) is 4.12. The second-order valence-electron chi connectivity index (χ2n) is 6.03. The van der Waals surface area contributed by atoms with Crippen LogP contribution in [-0.2, 0) is 12.6 Å². The largest absolute Gasteiger partial charge is 0.451 e. The maximum absolute atomic E-state index is 13.1. The van der Waals surface area contributed by atoms with E-state index in [-0.39, 0.29) is 35.2 Å². The van der Waals surface area contributed by atoms with Crippen molar-refractivity contribution in [3.63, 3.8) is 0 Å². The van der Waals surface area contributed by atoms with Crippen LogP contribution in [0.15, 0.2) is 47.0 Å². The number of furan rings is 1. The van der Waals surface area contributed by atoms with Crippen molar-refractivity contribution < 1.29 is 22.4 Å². The zero-order valence-electron chi connectivity index (χ0n) is 14.1. The Morgan fingerprint density at radius 3 is 2.75 bits per heavy atom. The van der Waals surface area contributed by atoms with Crippen LogP contribution in [0.3, 0.4) is 0 Å². The van der Waals surface area contributed by atoms with Crippen molar-refractivity contribution in [1.82, 2.24) is 19.9 Å². The van der Waals surface area contributed by atoms with Gasteiger partial charge in [0, 0.05) is 24.5 Å². The molecular weight excluding hydrogens is 397 g/mol. The van der Waals surface area contributed by atoms with Crippen molar-refractivity contribution >= 4 is 34.1 Å². The zero-order chi connectivity index (χ0) is 19.9. The maximum Gasteiger partial charge on any atom is 0.420 e. The number of nitrogens with one attached hydrogen (secondary N) is 1. The van der Waals surface area contributed by atoms with Gasteiger partial charge in [-0.25, -0.2) is 0 Å². The van der Waals surface area contributed by atoms with Gasteiger partial charge in [0.2, 0.25) is 0 Å². The van der Waals surface area contributed by atoms with Gasteiger partial charge in [-0.3, -0.25) is 9.20 Å². The average Bonchev–Trinajstić information content (AvgIpc) is 3.24. The minimum absolute atomic E-state index is 0.0906. The molecule has 10 heteroatoms. The summed E-state index contributed by atoms with van der Waals surface area (Å²) in [7, 11) is 0. The Morgan fingerprint density at radius 2 is 2.00 bits per heavy atom. The van der Waals surface area contributed by atoms with Crippen molar-refractivity contribution in [3.8, 4) is 0 Å². The molecular formula is C18H12ClF3N4O2. The van der Waals surface area contributed by atoms with E-state index in [4.69, 9.17) is 16.0 Å². The van der Waals surface area contributed by atoms with Crippen molar-refractivity contribution in [2.24, 2.45) is 0 Å². The van der Waals surface area contributed by atoms with Crippen LogP contribution in [0.2, 0.25) is 5.02 Å². The lowest BCUT2D eigenvalue weighted by molar-refractivity contribution is -0.136. The van der Waals surface area contributed by atoms with Crippen molar-refractivity contribution in [2.75, 3.05) is 6.54 Å². The van der Waals surface area contributed by atoms with Crippen LogP contribution in [-0.4, -0.2) is 27.0 Å². The Labute approximate surface area is 160 Å². The molecule has 144 valence electrons. The SMILES string of the molecule is O=C(NCCc1nnc2c(C(F)(F)F)cc(Cl)cn12)c1cc2ccccc2o1. The molecule has 0 aliphatic rings. The predicted molar refractivity (Wildman–Crippen MR) is 95.3 cm³/mol. The molecule has 0 aliphatic heterocycles. The van der Waals surface area contributed by atoms with Crippen molar-refractivity contribution in [2.45, 2.75) is 12.6 Å². The van der Waals surface area contributed by atoms with E-state index in [1.807, 2.05) is 12.1 Å². The van der Waals surface area contributed by atoms with Gasteiger partial charge in [-0.05, 0) is 18.2 Å². The number of fused-ring (bicyclic) bond motifs is 2. The Morgan fingerprint density at radius 1 is 1.21 bits per heavy atom. The molecule has 1 N–H and O–H groups in total. The number of amides is 1. The molecule has 3 heterocycles. The standard InChI is InChI=1S/C18H12ClF3N4O2/c19-11-8-12(18(20,21)22)16-25-24-15(26(16)9-11)5-6-23-17(27)14-7-10-3-1-2-4-13(10)28-14/h1-4,7-9H,5-6H2,(H,23,27). The van der Waals surface area contributed by atoms with Crippen LogP contribution in [0.4, 0.5) is 13.2 Å². The Hall–Kier alpha value is -3.07. The van der Waals surface area contributed by atoms with Gasteiger partial charge in [0.1, 0.15) is 17.0 Å². The third-order valence-electron chi connectivity index (χ3n) is 4.13. The summed E-state index contributed by atoms with van der Waals surface area (Å²) in [5.74, 6) is -0.0401. The first kappa shape index (κ1) is 18.3. The molecule has 0 saturated carbocycles. The highest BCUT2D eigenvalue weighted by Crippen LogP contribution is 2.33. The van der Waals surface area contributed by atoms with Gasteiger partial charge in [-0.1, -0.05) is 29.8 Å². The van der Waals surface area contributed by atoms with Crippen molar-refractivity contribution in [1.29, 1.82) is 0 Å². The molecule has 3 aromatic heterocycles. The fourth-order valence-corrected chi connectivity index (χ4v) is 3.06. The average molecular weight is 409 g/mol. The van der Waals surface area contributed by atoms with Crippen LogP contribution in [0, 0.1) is 0 Å². The highest BCUT2D eigenvalue weighted by Gasteiger charge is 2.35. The lowest BCUT2D eigenvalue weighted by Gasteiger charge is -2.09. The van der Waals surface area contributed by atoms with E-state index in [1.165, 1.54) is 10.6 Å². The van der Waals surface area contributed by atoms with Crippen LogP contribution in [0.1, 0.15) is 21.9 Å². The molecule has 6 nitrogen and oxygen atoms in total. The molecule has 1 amide bonds. The third kappa shape index (κ3) is 3.40. The van der Waals surface area contributed by atoms with E-state index in [0.29, 0.717) is 5.58 Å². The summed E-state index contributed by atoms with van der Waals surface area (Å²) in [6, 6.07) is 9.61. The van der Waals surface area contributed by atoms with Gasteiger partial charge in [0.25, 0.3) is 5.91 Å². The topological polar surface area (TPSA) is 72.4 Å². The quantitative estimate of drug-likeness (QED) is 0.551. The smallest absolute Gasteiger partial charge is 0.420 e. The Balaban J connectivity index is 1.50. The minimum atomic E-state index is -4.61. The molecule has 0 radical (unpaired) electrons. The molecule has 0 spiro atoms. The highest BCUT2D eigenvalue weighted by molar-refractivity contribution is 6.30. The van der Waals surface area contributed by atoms with E-state index < -0.39 is 17.6 Å². The molecule has 28 heavy (non-hydrogen) atoms. The summed E-state index contributed by atoms with van der Waals surface area (Å²) in [4.78, 5) is 12.2. The number of nitrogens with zero attached hydrogens (tertiary/aromatic N) is 3. The Kier molecular flexibility index (Phi) is 4.46. The van der Waals surface area contributed by atoms with Gasteiger partial charge in [0.05, 0.1) is 5.02 Å². The number of pyridine rings is 1. The van der Waals surface area contributed by atoms with Crippen LogP contribution >= 0.6 is 11.6 Å². The monoisotopic (exact) mass is 408 g/mol. The summed E-state index contributed by atoms with van der Waals surface area (Å²) in [6.07, 6.45) is -3.14. The number of alkyl halides is 3. The van der Waals surface area contributed by atoms with Gasteiger partial charge < -0.3 is 9.73 Å². The summed E-state index contributed by atoms with van der Waals surface area (Å²) >= 11 is 5.80. The number of halogens is 4. The zero-order valence-corrected chi connectivity index (χ0v) is 14.9. The molecule has 0 saturated heterocycles. The minimum Gasteiger partial charge on any atom is -0.451 e. The molecule has 4 rings (SSSR count). The number of hydrogen-bond acceptors (Lipinski definition) is 4. The first-order chi connectivity index (χ1) is 13.3.